The third kappa shape index (κ3) is 5.20. The summed E-state index contributed by atoms with van der Waals surface area (Å²) < 4.78 is 34.0. The Bertz CT molecular complexity index is 859. The zero-order chi connectivity index (χ0) is 20.1. The number of hydrogen-bond acceptors (Lipinski definition) is 4. The van der Waals surface area contributed by atoms with Crippen molar-refractivity contribution >= 4 is 16.7 Å². The molecule has 150 valence electrons. The van der Waals surface area contributed by atoms with Crippen molar-refractivity contribution < 1.29 is 18.4 Å². The summed E-state index contributed by atoms with van der Waals surface area (Å²) in [6.07, 6.45) is 0.356. The maximum atomic E-state index is 12.6. The molecule has 1 heterocycles. The highest BCUT2D eigenvalue weighted by molar-refractivity contribution is 7.85. The Morgan fingerprint density at radius 2 is 1.93 bits per heavy atom. The summed E-state index contributed by atoms with van der Waals surface area (Å²) in [5.41, 5.74) is 2.76. The van der Waals surface area contributed by atoms with Gasteiger partial charge in [0.2, 0.25) is 0 Å². The van der Waals surface area contributed by atoms with Crippen LogP contribution in [0.1, 0.15) is 38.3 Å². The van der Waals surface area contributed by atoms with E-state index in [4.69, 9.17) is 14.2 Å². The summed E-state index contributed by atoms with van der Waals surface area (Å²) in [5.74, 6) is 1.39. The third-order valence-electron chi connectivity index (χ3n) is 4.35. The molecule has 2 atom stereocenters. The van der Waals surface area contributed by atoms with Crippen LogP contribution in [0.15, 0.2) is 52.9 Å². The Kier molecular flexibility index (Phi) is 6.52. The van der Waals surface area contributed by atoms with Gasteiger partial charge in [0, 0.05) is 18.1 Å². The van der Waals surface area contributed by atoms with Crippen molar-refractivity contribution in [1.82, 2.24) is 0 Å². The summed E-state index contributed by atoms with van der Waals surface area (Å²) in [4.78, 5) is 0. The Labute approximate surface area is 169 Å². The largest absolute Gasteiger partial charge is 0.497 e. The maximum absolute atomic E-state index is 12.6. The lowest BCUT2D eigenvalue weighted by molar-refractivity contribution is 0.0420. The molecule has 0 saturated heterocycles. The quantitative estimate of drug-likeness (QED) is 0.724. The molecule has 0 aromatic heterocycles. The lowest BCUT2D eigenvalue weighted by Crippen LogP contribution is -2.32. The predicted molar refractivity (Wildman–Crippen MR) is 113 cm³/mol. The van der Waals surface area contributed by atoms with Gasteiger partial charge in [0.1, 0.15) is 28.6 Å². The third-order valence-corrected chi connectivity index (χ3v) is 5.78. The van der Waals surface area contributed by atoms with E-state index in [1.165, 1.54) is 0 Å². The zero-order valence-electron chi connectivity index (χ0n) is 16.8. The number of fused-ring (bicyclic) bond motifs is 1. The number of ether oxygens (including phenoxy) is 3. The smallest absolute Gasteiger partial charge is 0.145 e. The van der Waals surface area contributed by atoms with Crippen LogP contribution in [0.25, 0.3) is 0 Å². The molecule has 0 spiro atoms. The van der Waals surface area contributed by atoms with Gasteiger partial charge in [-0.3, -0.25) is 0 Å². The van der Waals surface area contributed by atoms with E-state index in [-0.39, 0.29) is 6.10 Å². The molecule has 2 aromatic carbocycles. The summed E-state index contributed by atoms with van der Waals surface area (Å²) >= 11 is 0. The minimum absolute atomic E-state index is 0.195. The van der Waals surface area contributed by atoms with Crippen molar-refractivity contribution in [2.75, 3.05) is 13.7 Å². The molecule has 1 aliphatic heterocycles. The first-order valence-electron chi connectivity index (χ1n) is 9.33. The fourth-order valence-electron chi connectivity index (χ4n) is 2.81. The van der Waals surface area contributed by atoms with Gasteiger partial charge >= 0.3 is 0 Å². The fourth-order valence-corrected chi connectivity index (χ4v) is 3.46. The van der Waals surface area contributed by atoms with Crippen LogP contribution in [0.3, 0.4) is 0 Å². The number of hydrogen-bond donors (Lipinski definition) is 0. The minimum Gasteiger partial charge on any atom is -0.497 e. The van der Waals surface area contributed by atoms with Gasteiger partial charge in [-0.2, -0.15) is 4.40 Å². The van der Waals surface area contributed by atoms with Crippen LogP contribution in [0.5, 0.6) is 11.5 Å². The van der Waals surface area contributed by atoms with Gasteiger partial charge in [0.15, 0.2) is 0 Å². The van der Waals surface area contributed by atoms with E-state index < -0.39 is 15.7 Å². The average Bonchev–Trinajstić information content (AvgIpc) is 2.67. The molecule has 0 N–H and O–H groups in total. The zero-order valence-corrected chi connectivity index (χ0v) is 17.6. The average molecular weight is 402 g/mol. The molecular weight excluding hydrogens is 374 g/mol. The first-order valence-corrected chi connectivity index (χ1v) is 10.4. The molecule has 28 heavy (non-hydrogen) atoms. The Morgan fingerprint density at radius 3 is 2.61 bits per heavy atom. The van der Waals surface area contributed by atoms with Gasteiger partial charge in [0.05, 0.1) is 30.8 Å². The predicted octanol–water partition coefficient (Wildman–Crippen LogP) is 4.31. The highest BCUT2D eigenvalue weighted by Crippen LogP contribution is 2.32. The summed E-state index contributed by atoms with van der Waals surface area (Å²) in [6, 6.07) is 15.6. The van der Waals surface area contributed by atoms with Crippen molar-refractivity contribution in [1.29, 1.82) is 0 Å². The maximum Gasteiger partial charge on any atom is 0.145 e. The molecule has 0 bridgehead atoms. The summed E-state index contributed by atoms with van der Waals surface area (Å²) in [6.45, 7) is 6.70. The van der Waals surface area contributed by atoms with Crippen molar-refractivity contribution in [2.24, 2.45) is 4.40 Å². The summed E-state index contributed by atoms with van der Waals surface area (Å²) in [5, 5.41) is 0. The topological polar surface area (TPSA) is 57.1 Å². The second kappa shape index (κ2) is 8.88. The van der Waals surface area contributed by atoms with Gasteiger partial charge in [-0.25, -0.2) is 4.21 Å². The van der Waals surface area contributed by atoms with Crippen LogP contribution in [0.2, 0.25) is 0 Å². The van der Waals surface area contributed by atoms with Gasteiger partial charge in [-0.1, -0.05) is 30.3 Å². The van der Waals surface area contributed by atoms with Crippen LogP contribution in [0.4, 0.5) is 0 Å². The molecule has 2 aromatic rings. The second-order valence-corrected chi connectivity index (χ2v) is 9.61. The second-order valence-electron chi connectivity index (χ2n) is 7.71. The monoisotopic (exact) mass is 401 g/mol. The van der Waals surface area contributed by atoms with E-state index in [1.54, 1.807) is 7.11 Å². The Balaban J connectivity index is 1.78. The molecule has 1 aliphatic rings. The van der Waals surface area contributed by atoms with Crippen LogP contribution in [-0.4, -0.2) is 34.5 Å². The fraction of sp³-hybridized carbons (Fsp3) is 0.409. The number of benzene rings is 2. The molecule has 3 rings (SSSR count). The van der Waals surface area contributed by atoms with Gasteiger partial charge in [-0.05, 0) is 38.5 Å². The number of rotatable bonds is 6. The molecular formula is C22H27NO4S. The van der Waals surface area contributed by atoms with Gasteiger partial charge < -0.3 is 14.2 Å². The van der Waals surface area contributed by atoms with Crippen LogP contribution < -0.4 is 9.47 Å². The molecule has 5 nitrogen and oxygen atoms in total. The highest BCUT2D eigenvalue weighted by atomic mass is 32.2. The first-order chi connectivity index (χ1) is 13.4. The normalized spacial score (nSPS) is 19.0. The minimum atomic E-state index is -1.34. The van der Waals surface area contributed by atoms with Crippen LogP contribution in [0, 0.1) is 0 Å². The van der Waals surface area contributed by atoms with Crippen LogP contribution in [-0.2, 0) is 22.3 Å². The molecule has 0 fully saturated rings. The van der Waals surface area contributed by atoms with E-state index in [0.717, 1.165) is 16.8 Å². The molecule has 0 aliphatic carbocycles. The van der Waals surface area contributed by atoms with Crippen molar-refractivity contribution in [3.63, 3.8) is 0 Å². The molecule has 6 heteroatoms. The van der Waals surface area contributed by atoms with Crippen molar-refractivity contribution in [2.45, 2.75) is 44.6 Å². The van der Waals surface area contributed by atoms with E-state index in [1.807, 2.05) is 69.3 Å². The number of nitrogens with zero attached hydrogens (tertiary/aromatic N) is 1. The van der Waals surface area contributed by atoms with Crippen molar-refractivity contribution in [3.05, 3.63) is 59.7 Å². The Hall–Kier alpha value is -2.18. The Morgan fingerprint density at radius 1 is 1.18 bits per heavy atom. The molecule has 0 unspecified atom stereocenters. The highest BCUT2D eigenvalue weighted by Gasteiger charge is 2.28. The molecule has 0 saturated carbocycles. The lowest BCUT2D eigenvalue weighted by atomic mass is 10.00. The molecule has 0 radical (unpaired) electrons. The summed E-state index contributed by atoms with van der Waals surface area (Å²) in [7, 11) is 0.280. The molecule has 0 amide bonds. The van der Waals surface area contributed by atoms with E-state index in [9.17, 15) is 4.21 Å². The van der Waals surface area contributed by atoms with E-state index in [0.29, 0.717) is 31.1 Å². The van der Waals surface area contributed by atoms with E-state index >= 15 is 0 Å². The van der Waals surface area contributed by atoms with Crippen LogP contribution >= 0.6 is 0 Å². The number of methoxy groups -OCH3 is 1. The first kappa shape index (κ1) is 20.6. The standard InChI is InChI=1S/C22H27NO4S/c1-22(2,3)28(24)23-20-12-18(15-26-14-16-8-6-5-7-9-16)27-21-13-17(25-4)10-11-19(20)21/h5-11,13,18H,12,14-15H2,1-4H3/t18-,28-/m0/s1. The van der Waals surface area contributed by atoms with Gasteiger partial charge in [0.25, 0.3) is 0 Å². The lowest BCUT2D eigenvalue weighted by Gasteiger charge is -2.28. The van der Waals surface area contributed by atoms with Crippen molar-refractivity contribution in [3.8, 4) is 11.5 Å². The van der Waals surface area contributed by atoms with E-state index in [2.05, 4.69) is 4.40 Å². The SMILES string of the molecule is COc1ccc2c(c1)O[C@H](COCc1ccccc1)CC2=N[S@@](=O)C(C)(C)C. The van der Waals surface area contributed by atoms with Gasteiger partial charge in [-0.15, -0.1) is 0 Å².